The summed E-state index contributed by atoms with van der Waals surface area (Å²) in [6.07, 6.45) is 1.29. The molecule has 0 bridgehead atoms. The molecule has 45 heteroatoms. The number of ketones is 1. The molecular weight excluding hydrogens is 1470 g/mol. The summed E-state index contributed by atoms with van der Waals surface area (Å²) in [6, 6.07) is 21.2. The minimum atomic E-state index is -5.38. The molecule has 0 atom stereocenters. The van der Waals surface area contributed by atoms with Gasteiger partial charge in [0.1, 0.15) is 47.8 Å². The minimum Gasteiger partial charge on any atom is -0.748 e. The Bertz CT molecular complexity index is 4410. The second kappa shape index (κ2) is 43.5. The SMILES string of the molecule is CC(C)(CC(=O)CCN(CCO)c1nc(Cc2cc[c-]cc2)nc(Cc2ccc(/C=C/c3ccc(Nc4nc(Nc5ccc(S(=O)(=O)[O-])cc5)nc(N(CCO)CCC(=O)NC(C)(C)CS(=O)(=O)[O-])n4)cc3S(=O)(=O)[O-])c(S(=O)(=O)[O-])c2)n1)CS(=O)(=O)[O-].O=S(=O)=O.[Na+].[Na+].[Na+].[Na+].[Na+].[Na+]. The van der Waals surface area contributed by atoms with Crippen LogP contribution in [0.4, 0.5) is 35.2 Å². The first-order valence-electron chi connectivity index (χ1n) is 26.7. The van der Waals surface area contributed by atoms with Crippen LogP contribution in [-0.2, 0) is 83.6 Å². The number of nitrogens with one attached hydrogen (secondary N) is 3. The molecule has 0 aliphatic rings. The van der Waals surface area contributed by atoms with Crippen molar-refractivity contribution in [1.82, 2.24) is 35.2 Å². The van der Waals surface area contributed by atoms with Crippen molar-refractivity contribution in [2.75, 3.05) is 71.3 Å². The maximum Gasteiger partial charge on any atom is 1.00 e. The number of carbonyl (C=O) groups is 2. The molecule has 500 valence electrons. The Kier molecular flexibility index (Phi) is 43.6. The maximum atomic E-state index is 13.1. The number of hydrogen-bond acceptors (Lipinski definition) is 32. The third-order valence-corrected chi connectivity index (χ3v) is 17.3. The molecule has 0 aliphatic heterocycles. The van der Waals surface area contributed by atoms with Gasteiger partial charge < -0.3 is 58.7 Å². The van der Waals surface area contributed by atoms with E-state index in [0.717, 1.165) is 48.0 Å². The largest absolute Gasteiger partial charge is 1.00 e. The Hall–Kier alpha value is -1.93. The second-order valence-electron chi connectivity index (χ2n) is 21.4. The number of anilines is 6. The fourth-order valence-corrected chi connectivity index (χ4v) is 12.8. The van der Waals surface area contributed by atoms with Crippen molar-refractivity contribution in [3.8, 4) is 0 Å². The summed E-state index contributed by atoms with van der Waals surface area (Å²) in [4.78, 5) is 53.3. The number of nitrogens with zero attached hydrogens (tertiary/aromatic N) is 8. The van der Waals surface area contributed by atoms with E-state index in [1.807, 2.05) is 0 Å². The van der Waals surface area contributed by atoms with Crippen molar-refractivity contribution < 1.29 is 275 Å². The van der Waals surface area contributed by atoms with Crippen molar-refractivity contribution in [2.24, 2.45) is 5.41 Å². The van der Waals surface area contributed by atoms with Crippen LogP contribution >= 0.6 is 0 Å². The number of rotatable bonds is 32. The number of aliphatic hydroxyl groups excluding tert-OH is 2. The summed E-state index contributed by atoms with van der Waals surface area (Å²) >= 11 is 0. The van der Waals surface area contributed by atoms with E-state index in [-0.39, 0.29) is 305 Å². The molecule has 6 rings (SSSR count). The predicted molar refractivity (Wildman–Crippen MR) is 322 cm³/mol. The van der Waals surface area contributed by atoms with Crippen LogP contribution in [-0.4, -0.2) is 186 Å². The first-order chi connectivity index (χ1) is 42.6. The van der Waals surface area contributed by atoms with Crippen LogP contribution in [0.1, 0.15) is 80.9 Å². The summed E-state index contributed by atoms with van der Waals surface area (Å²) in [5.74, 6) is -3.42. The van der Waals surface area contributed by atoms with Crippen molar-refractivity contribution in [2.45, 2.75) is 80.0 Å². The summed E-state index contributed by atoms with van der Waals surface area (Å²) in [5, 5.41) is 28.0. The smallest absolute Gasteiger partial charge is 0.748 e. The van der Waals surface area contributed by atoms with Crippen molar-refractivity contribution in [3.05, 3.63) is 125 Å². The van der Waals surface area contributed by atoms with Crippen LogP contribution in [0.3, 0.4) is 0 Å². The maximum absolute atomic E-state index is 13.1. The first kappa shape index (κ1) is 98.1. The average Bonchev–Trinajstić information content (AvgIpc) is 0.807. The van der Waals surface area contributed by atoms with Gasteiger partial charge in [0, 0.05) is 80.9 Å². The van der Waals surface area contributed by atoms with Gasteiger partial charge in [0.25, 0.3) is 0 Å². The third kappa shape index (κ3) is 35.7. The second-order valence-corrected chi connectivity index (χ2v) is 28.7. The van der Waals surface area contributed by atoms with E-state index in [0.29, 0.717) is 0 Å². The topological polar surface area (TPSA) is 532 Å². The average molecular weight is 1530 g/mol. The molecule has 2 aromatic heterocycles. The number of aliphatic hydroxyl groups is 2. The van der Waals surface area contributed by atoms with E-state index in [2.05, 4.69) is 51.9 Å². The van der Waals surface area contributed by atoms with Gasteiger partial charge in [-0.3, -0.25) is 9.59 Å². The molecule has 1 amide bonds. The summed E-state index contributed by atoms with van der Waals surface area (Å²) in [6.45, 7) is 3.99. The minimum absolute atomic E-state index is 0. The Labute approximate surface area is 701 Å². The molecule has 0 radical (unpaired) electrons. The molecular formula is C53H59N11Na6O22S6. The van der Waals surface area contributed by atoms with Gasteiger partial charge in [-0.15, -0.1) is 12.6 Å². The molecule has 98 heavy (non-hydrogen) atoms. The number of hydrogen-bond donors (Lipinski definition) is 5. The summed E-state index contributed by atoms with van der Waals surface area (Å²) in [5.41, 5.74) is -2.25. The van der Waals surface area contributed by atoms with Crippen LogP contribution < -0.4 is 203 Å². The number of benzene rings is 4. The van der Waals surface area contributed by atoms with E-state index >= 15 is 0 Å². The molecule has 6 aromatic rings. The van der Waals surface area contributed by atoms with Crippen molar-refractivity contribution in [3.63, 3.8) is 0 Å². The first-order valence-corrected chi connectivity index (χ1v) is 35.1. The molecule has 0 saturated heterocycles. The van der Waals surface area contributed by atoms with Gasteiger partial charge in [-0.2, -0.15) is 60.8 Å². The number of Topliss-reactive ketones (excluding diaryl/α,β-unsaturated/α-hetero) is 1. The molecule has 5 N–H and O–H groups in total. The molecule has 0 aliphatic carbocycles. The van der Waals surface area contributed by atoms with Crippen molar-refractivity contribution in [1.29, 1.82) is 0 Å². The van der Waals surface area contributed by atoms with E-state index in [4.69, 9.17) is 12.6 Å². The van der Waals surface area contributed by atoms with Crippen LogP contribution in [0, 0.1) is 11.5 Å². The predicted octanol–water partition coefficient (Wildman–Crippen LogP) is -17.2. The molecule has 0 saturated carbocycles. The zero-order valence-corrected chi connectivity index (χ0v) is 71.9. The Balaban J connectivity index is 0. The summed E-state index contributed by atoms with van der Waals surface area (Å²) < 4.78 is 206. The van der Waals surface area contributed by atoms with Crippen LogP contribution in [0.5, 0.6) is 0 Å². The quantitative estimate of drug-likeness (QED) is 0.0113. The van der Waals surface area contributed by atoms with Gasteiger partial charge >= 0.3 is 188 Å². The van der Waals surface area contributed by atoms with Gasteiger partial charge in [-0.1, -0.05) is 44.2 Å². The molecule has 33 nitrogen and oxygen atoms in total. The molecule has 2 heterocycles. The Morgan fingerprint density at radius 2 is 0.980 bits per heavy atom. The van der Waals surface area contributed by atoms with E-state index < -0.39 is 117 Å². The number of amides is 1. The molecule has 4 aromatic carbocycles. The molecule has 0 fully saturated rings. The third-order valence-electron chi connectivity index (χ3n) is 12.4. The molecule has 0 spiro atoms. The number of aromatic nitrogens is 6. The van der Waals surface area contributed by atoms with Gasteiger partial charge in [0.15, 0.2) is 0 Å². The fraction of sp³-hybridized carbons (Fsp3) is 0.358. The zero-order valence-electron chi connectivity index (χ0n) is 55.0. The zero-order chi connectivity index (χ0) is 68.6. The van der Waals surface area contributed by atoms with E-state index in [9.17, 15) is 84.7 Å². The fourth-order valence-electron chi connectivity index (χ4n) is 8.86. The van der Waals surface area contributed by atoms with Crippen LogP contribution in [0.25, 0.3) is 12.2 Å². The Morgan fingerprint density at radius 1 is 0.541 bits per heavy atom. The van der Waals surface area contributed by atoms with Gasteiger partial charge in [-0.05, 0) is 78.4 Å². The van der Waals surface area contributed by atoms with Gasteiger partial charge in [0.05, 0.1) is 53.9 Å². The van der Waals surface area contributed by atoms with Crippen LogP contribution in [0.2, 0.25) is 0 Å². The van der Waals surface area contributed by atoms with E-state index in [1.165, 1.54) is 67.8 Å². The van der Waals surface area contributed by atoms with Crippen LogP contribution in [0.15, 0.2) is 99.6 Å². The van der Waals surface area contributed by atoms with Gasteiger partial charge in [-0.25, -0.2) is 47.1 Å². The van der Waals surface area contributed by atoms with Gasteiger partial charge in [0.2, 0.25) is 29.7 Å². The normalized spacial score (nSPS) is 11.6. The van der Waals surface area contributed by atoms with E-state index in [1.54, 1.807) is 24.3 Å². The number of carbonyl (C=O) groups excluding carboxylic acids is 2. The van der Waals surface area contributed by atoms with Crippen molar-refractivity contribution >= 4 is 120 Å². The molecule has 0 unspecified atom stereocenters. The monoisotopic (exact) mass is 1530 g/mol. The standard InChI is InChI=1S/C53H64N11O19S5.6Na.O3S/c1-52(2,33-84(69,70)71)32-41(67)20-22-63(24-26-65)50-57-45(29-35-8-6-5-7-9-35)56-46(58-50)30-36-10-11-37(43(28-36)87(78,79)80)12-13-38-14-15-40(31-44(38)88(81,82)83)55-49-59-48(54-39-16-18-42(19-17-39)86(75,76)77)60-51(61-49)64(25-27-66)23-21-47(68)62-53(3,4)34-85(72,73)74;;;;;;;1-4(2)3/h6-19,28,31,65-66H,20-27,29-30,32-34H2,1-4H3,(H,62,68)(H,69,70,71)(H,72,73,74)(H,75,76,77)(H,78,79,80)(H,81,82,83)(H2,54,55,59,60,61);;;;;;;/q-1;6*+1;/p-5/b13-12+;;;;;;;. The Morgan fingerprint density at radius 3 is 1.45 bits per heavy atom. The summed E-state index contributed by atoms with van der Waals surface area (Å²) in [7, 11) is -28.0.